The highest BCUT2D eigenvalue weighted by molar-refractivity contribution is 5.60. The fraction of sp³-hybridized carbons (Fsp3) is 0.583. The number of nitrogens with one attached hydrogen (secondary N) is 2. The van der Waals surface area contributed by atoms with Crippen molar-refractivity contribution in [1.82, 2.24) is 4.98 Å². The topological polar surface area (TPSA) is 121 Å². The first-order valence-electron chi connectivity index (χ1n) is 6.36. The quantitative estimate of drug-likeness (QED) is 0.414. The van der Waals surface area contributed by atoms with E-state index in [1.807, 2.05) is 6.92 Å². The van der Waals surface area contributed by atoms with E-state index >= 15 is 0 Å². The highest BCUT2D eigenvalue weighted by Crippen LogP contribution is 2.24. The molecule has 0 bridgehead atoms. The van der Waals surface area contributed by atoms with Crippen molar-refractivity contribution in [2.75, 3.05) is 30.3 Å². The number of aliphatic hydroxyl groups is 2. The minimum absolute atomic E-state index is 0.0471. The molecular formula is C12H20N4O4. The van der Waals surface area contributed by atoms with Gasteiger partial charge in [0.25, 0.3) is 0 Å². The summed E-state index contributed by atoms with van der Waals surface area (Å²) >= 11 is 0. The molecule has 0 fully saturated rings. The van der Waals surface area contributed by atoms with Gasteiger partial charge in [0.05, 0.1) is 11.5 Å². The van der Waals surface area contributed by atoms with Crippen LogP contribution in [0.3, 0.4) is 0 Å². The summed E-state index contributed by atoms with van der Waals surface area (Å²) in [6.45, 7) is 3.62. The van der Waals surface area contributed by atoms with Crippen LogP contribution in [0.4, 0.5) is 17.3 Å². The van der Waals surface area contributed by atoms with Crippen molar-refractivity contribution in [3.8, 4) is 0 Å². The standard InChI is InChI=1S/C12H20N4O4/c1-3-6-13-10-5-4-9(16(19)20)11(15-10)14-7-12(2,18)8-17/h4-5,17-18H,3,6-8H2,1-2H3,(H2,13,14,15). The van der Waals surface area contributed by atoms with Gasteiger partial charge in [0.2, 0.25) is 5.82 Å². The van der Waals surface area contributed by atoms with Crippen molar-refractivity contribution < 1.29 is 15.1 Å². The number of aromatic nitrogens is 1. The molecule has 0 aliphatic heterocycles. The van der Waals surface area contributed by atoms with Gasteiger partial charge in [-0.05, 0) is 19.4 Å². The van der Waals surface area contributed by atoms with E-state index in [2.05, 4.69) is 15.6 Å². The van der Waals surface area contributed by atoms with Crippen LogP contribution in [-0.4, -0.2) is 45.4 Å². The molecule has 0 aliphatic carbocycles. The molecule has 1 atom stereocenters. The average Bonchev–Trinajstić information content (AvgIpc) is 2.42. The number of hydrogen-bond acceptors (Lipinski definition) is 7. The Morgan fingerprint density at radius 1 is 1.45 bits per heavy atom. The minimum Gasteiger partial charge on any atom is -0.393 e. The SMILES string of the molecule is CCCNc1ccc([N+](=O)[O-])c(NCC(C)(O)CO)n1. The monoisotopic (exact) mass is 284 g/mol. The van der Waals surface area contributed by atoms with Crippen molar-refractivity contribution in [1.29, 1.82) is 0 Å². The third kappa shape index (κ3) is 4.63. The lowest BCUT2D eigenvalue weighted by Crippen LogP contribution is -2.37. The van der Waals surface area contributed by atoms with Crippen molar-refractivity contribution in [3.05, 3.63) is 22.2 Å². The van der Waals surface area contributed by atoms with E-state index in [0.717, 1.165) is 6.42 Å². The second kappa shape index (κ2) is 7.01. The number of anilines is 2. The molecule has 1 rings (SSSR count). The predicted octanol–water partition coefficient (Wildman–Crippen LogP) is 0.967. The first-order chi connectivity index (χ1) is 9.39. The molecule has 1 aromatic heterocycles. The molecule has 0 amide bonds. The normalized spacial score (nSPS) is 13.6. The Hall–Kier alpha value is -1.93. The lowest BCUT2D eigenvalue weighted by Gasteiger charge is -2.21. The lowest BCUT2D eigenvalue weighted by atomic mass is 10.1. The Morgan fingerprint density at radius 2 is 2.15 bits per heavy atom. The van der Waals surface area contributed by atoms with Gasteiger partial charge in [-0.15, -0.1) is 0 Å². The Labute approximate surface area is 117 Å². The second-order valence-corrected chi connectivity index (χ2v) is 4.76. The Balaban J connectivity index is 2.91. The van der Waals surface area contributed by atoms with Crippen LogP contribution in [0.1, 0.15) is 20.3 Å². The van der Waals surface area contributed by atoms with Crippen LogP contribution in [0.5, 0.6) is 0 Å². The lowest BCUT2D eigenvalue weighted by molar-refractivity contribution is -0.384. The highest BCUT2D eigenvalue weighted by Gasteiger charge is 2.22. The fourth-order valence-electron chi connectivity index (χ4n) is 1.41. The molecule has 20 heavy (non-hydrogen) atoms. The first kappa shape index (κ1) is 16.1. The van der Waals surface area contributed by atoms with Crippen LogP contribution in [0, 0.1) is 10.1 Å². The van der Waals surface area contributed by atoms with E-state index in [4.69, 9.17) is 5.11 Å². The van der Waals surface area contributed by atoms with Crippen LogP contribution in [0.15, 0.2) is 12.1 Å². The van der Waals surface area contributed by atoms with E-state index in [1.165, 1.54) is 19.1 Å². The molecule has 0 saturated heterocycles. The molecule has 1 aromatic rings. The zero-order valence-electron chi connectivity index (χ0n) is 11.6. The molecule has 0 aliphatic rings. The number of rotatable bonds is 8. The molecular weight excluding hydrogens is 264 g/mol. The van der Waals surface area contributed by atoms with Crippen LogP contribution >= 0.6 is 0 Å². The molecule has 0 spiro atoms. The maximum Gasteiger partial charge on any atom is 0.311 e. The Morgan fingerprint density at radius 3 is 2.70 bits per heavy atom. The van der Waals surface area contributed by atoms with Crippen molar-refractivity contribution in [2.45, 2.75) is 25.9 Å². The third-order valence-corrected chi connectivity index (χ3v) is 2.60. The Bertz CT molecular complexity index is 465. The smallest absolute Gasteiger partial charge is 0.311 e. The molecule has 1 unspecified atom stereocenters. The van der Waals surface area contributed by atoms with E-state index in [9.17, 15) is 15.2 Å². The van der Waals surface area contributed by atoms with E-state index in [1.54, 1.807) is 0 Å². The Kier molecular flexibility index (Phi) is 5.66. The summed E-state index contributed by atoms with van der Waals surface area (Å²) in [6.07, 6.45) is 0.903. The van der Waals surface area contributed by atoms with Crippen molar-refractivity contribution in [2.24, 2.45) is 0 Å². The van der Waals surface area contributed by atoms with Crippen molar-refractivity contribution >= 4 is 17.3 Å². The zero-order valence-corrected chi connectivity index (χ0v) is 11.6. The maximum absolute atomic E-state index is 10.9. The number of hydrogen-bond donors (Lipinski definition) is 4. The number of aliphatic hydroxyl groups excluding tert-OH is 1. The largest absolute Gasteiger partial charge is 0.393 e. The van der Waals surface area contributed by atoms with Gasteiger partial charge in [-0.2, -0.15) is 0 Å². The van der Waals surface area contributed by atoms with Gasteiger partial charge in [-0.1, -0.05) is 6.92 Å². The van der Waals surface area contributed by atoms with Gasteiger partial charge in [0.15, 0.2) is 0 Å². The number of pyridine rings is 1. The van der Waals surface area contributed by atoms with E-state index in [0.29, 0.717) is 12.4 Å². The third-order valence-electron chi connectivity index (χ3n) is 2.60. The average molecular weight is 284 g/mol. The van der Waals surface area contributed by atoms with Crippen LogP contribution in [0.2, 0.25) is 0 Å². The summed E-state index contributed by atoms with van der Waals surface area (Å²) in [7, 11) is 0. The van der Waals surface area contributed by atoms with Gasteiger partial charge in [0, 0.05) is 19.2 Å². The van der Waals surface area contributed by atoms with Gasteiger partial charge in [-0.25, -0.2) is 4.98 Å². The molecule has 1 heterocycles. The molecule has 4 N–H and O–H groups in total. The predicted molar refractivity (Wildman–Crippen MR) is 75.9 cm³/mol. The van der Waals surface area contributed by atoms with Gasteiger partial charge < -0.3 is 20.8 Å². The summed E-state index contributed by atoms with van der Waals surface area (Å²) in [5, 5.41) is 35.3. The number of nitrogens with zero attached hydrogens (tertiary/aromatic N) is 2. The number of nitro groups is 1. The van der Waals surface area contributed by atoms with Gasteiger partial charge >= 0.3 is 5.69 Å². The molecule has 8 heteroatoms. The molecule has 8 nitrogen and oxygen atoms in total. The summed E-state index contributed by atoms with van der Waals surface area (Å²) in [4.78, 5) is 14.5. The van der Waals surface area contributed by atoms with Crippen LogP contribution in [-0.2, 0) is 0 Å². The summed E-state index contributed by atoms with van der Waals surface area (Å²) in [5.74, 6) is 0.577. The zero-order chi connectivity index (χ0) is 15.2. The van der Waals surface area contributed by atoms with E-state index in [-0.39, 0.29) is 18.1 Å². The van der Waals surface area contributed by atoms with Crippen LogP contribution in [0.25, 0.3) is 0 Å². The summed E-state index contributed by atoms with van der Waals surface area (Å²) in [6, 6.07) is 2.88. The summed E-state index contributed by atoms with van der Waals surface area (Å²) < 4.78 is 0. The molecule has 0 aromatic carbocycles. The van der Waals surface area contributed by atoms with Gasteiger partial charge in [-0.3, -0.25) is 10.1 Å². The minimum atomic E-state index is -1.37. The van der Waals surface area contributed by atoms with E-state index < -0.39 is 17.1 Å². The first-order valence-corrected chi connectivity index (χ1v) is 6.36. The van der Waals surface area contributed by atoms with Crippen LogP contribution < -0.4 is 10.6 Å². The molecule has 112 valence electrons. The second-order valence-electron chi connectivity index (χ2n) is 4.76. The molecule has 0 radical (unpaired) electrons. The van der Waals surface area contributed by atoms with Gasteiger partial charge in [0.1, 0.15) is 11.4 Å². The maximum atomic E-state index is 10.9. The highest BCUT2D eigenvalue weighted by atomic mass is 16.6. The summed E-state index contributed by atoms with van der Waals surface area (Å²) in [5.41, 5.74) is -1.55. The fourth-order valence-corrected chi connectivity index (χ4v) is 1.41. The van der Waals surface area contributed by atoms with Crippen molar-refractivity contribution in [3.63, 3.8) is 0 Å². The molecule has 0 saturated carbocycles.